The Labute approximate surface area is 126 Å². The first kappa shape index (κ1) is 14.9. The van der Waals surface area contributed by atoms with Crippen LogP contribution < -0.4 is 9.47 Å². The molecule has 0 N–H and O–H groups in total. The number of ether oxygens (including phenoxy) is 2. The van der Waals surface area contributed by atoms with Crippen molar-refractivity contribution in [2.75, 3.05) is 14.2 Å². The highest BCUT2D eigenvalue weighted by molar-refractivity contribution is 9.09. The van der Waals surface area contributed by atoms with Gasteiger partial charge in [-0.15, -0.1) is 0 Å². The van der Waals surface area contributed by atoms with E-state index in [0.29, 0.717) is 0 Å². The van der Waals surface area contributed by atoms with Gasteiger partial charge in [0, 0.05) is 11.6 Å². The van der Waals surface area contributed by atoms with Gasteiger partial charge in [-0.25, -0.2) is 4.39 Å². The first-order valence-electron chi connectivity index (χ1n) is 6.19. The van der Waals surface area contributed by atoms with Gasteiger partial charge in [0.1, 0.15) is 17.3 Å². The van der Waals surface area contributed by atoms with E-state index in [4.69, 9.17) is 9.47 Å². The van der Waals surface area contributed by atoms with Crippen molar-refractivity contribution >= 4 is 15.9 Å². The van der Waals surface area contributed by atoms with Crippen LogP contribution in [0.5, 0.6) is 11.5 Å². The van der Waals surface area contributed by atoms with Crippen molar-refractivity contribution < 1.29 is 13.9 Å². The van der Waals surface area contributed by atoms with E-state index >= 15 is 0 Å². The maximum absolute atomic E-state index is 13.2. The zero-order valence-electron chi connectivity index (χ0n) is 11.6. The second-order valence-corrected chi connectivity index (χ2v) is 5.39. The molecule has 4 heteroatoms. The first-order valence-corrected chi connectivity index (χ1v) is 7.10. The molecule has 0 fully saturated rings. The zero-order valence-corrected chi connectivity index (χ0v) is 13.2. The van der Waals surface area contributed by atoms with Crippen molar-refractivity contribution in [3.8, 4) is 11.5 Å². The highest BCUT2D eigenvalue weighted by Crippen LogP contribution is 2.39. The van der Waals surface area contributed by atoms with Crippen LogP contribution in [0.25, 0.3) is 0 Å². The summed E-state index contributed by atoms with van der Waals surface area (Å²) in [5, 5.41) is 0. The Morgan fingerprint density at radius 3 is 2.30 bits per heavy atom. The van der Waals surface area contributed by atoms with E-state index < -0.39 is 0 Å². The van der Waals surface area contributed by atoms with Crippen LogP contribution in [-0.2, 0) is 0 Å². The van der Waals surface area contributed by atoms with E-state index in [1.807, 2.05) is 25.1 Å². The second-order valence-electron chi connectivity index (χ2n) is 4.47. The predicted molar refractivity (Wildman–Crippen MR) is 81.5 cm³/mol. The molecule has 0 saturated heterocycles. The summed E-state index contributed by atoms with van der Waals surface area (Å²) in [5.74, 6) is 1.24. The maximum atomic E-state index is 13.2. The van der Waals surface area contributed by atoms with Crippen molar-refractivity contribution in [3.05, 3.63) is 58.9 Å². The van der Waals surface area contributed by atoms with E-state index in [1.54, 1.807) is 20.3 Å². The molecule has 0 heterocycles. The Bertz CT molecular complexity index is 613. The lowest BCUT2D eigenvalue weighted by Crippen LogP contribution is -2.00. The number of rotatable bonds is 4. The molecule has 1 unspecified atom stereocenters. The number of aryl methyl sites for hydroxylation is 1. The summed E-state index contributed by atoms with van der Waals surface area (Å²) >= 11 is 3.66. The summed E-state index contributed by atoms with van der Waals surface area (Å²) in [6, 6.07) is 10.4. The van der Waals surface area contributed by atoms with Gasteiger partial charge < -0.3 is 9.47 Å². The topological polar surface area (TPSA) is 18.5 Å². The minimum Gasteiger partial charge on any atom is -0.497 e. The van der Waals surface area contributed by atoms with Crippen LogP contribution in [0.2, 0.25) is 0 Å². The van der Waals surface area contributed by atoms with Crippen LogP contribution in [0.15, 0.2) is 36.4 Å². The molecule has 0 amide bonds. The fourth-order valence-corrected chi connectivity index (χ4v) is 3.01. The molecule has 2 rings (SSSR count). The summed E-state index contributed by atoms with van der Waals surface area (Å²) in [4.78, 5) is -0.0658. The Morgan fingerprint density at radius 1 is 1.00 bits per heavy atom. The molecule has 0 aliphatic heterocycles. The van der Waals surface area contributed by atoms with Gasteiger partial charge in [-0.1, -0.05) is 28.1 Å². The third-order valence-corrected chi connectivity index (χ3v) is 4.21. The number of halogens is 2. The molecule has 1 atom stereocenters. The van der Waals surface area contributed by atoms with Crippen LogP contribution in [-0.4, -0.2) is 14.2 Å². The Kier molecular flexibility index (Phi) is 4.65. The summed E-state index contributed by atoms with van der Waals surface area (Å²) in [6.45, 7) is 1.89. The molecule has 106 valence electrons. The molecule has 2 nitrogen and oxygen atoms in total. The van der Waals surface area contributed by atoms with Crippen molar-refractivity contribution in [3.63, 3.8) is 0 Å². The minimum absolute atomic E-state index is 0.0658. The molecule has 0 radical (unpaired) electrons. The molecule has 2 aromatic rings. The summed E-state index contributed by atoms with van der Waals surface area (Å²) in [7, 11) is 3.24. The lowest BCUT2D eigenvalue weighted by atomic mass is 9.99. The van der Waals surface area contributed by atoms with Crippen molar-refractivity contribution in [2.24, 2.45) is 0 Å². The molecule has 0 aliphatic carbocycles. The standard InChI is InChI=1S/C16H16BrFO2/c1-10-8-11(18)4-6-13(10)16(17)14-7-5-12(19-2)9-15(14)20-3/h4-9,16H,1-3H3. The average Bonchev–Trinajstić information content (AvgIpc) is 2.46. The number of benzene rings is 2. The normalized spacial score (nSPS) is 12.1. The van der Waals surface area contributed by atoms with Gasteiger partial charge in [-0.2, -0.15) is 0 Å². The molecule has 0 aliphatic rings. The van der Waals surface area contributed by atoms with Crippen molar-refractivity contribution in [1.29, 1.82) is 0 Å². The number of methoxy groups -OCH3 is 2. The Balaban J connectivity index is 2.44. The second kappa shape index (κ2) is 6.27. The maximum Gasteiger partial charge on any atom is 0.127 e. The van der Waals surface area contributed by atoms with E-state index in [1.165, 1.54) is 12.1 Å². The Morgan fingerprint density at radius 2 is 1.70 bits per heavy atom. The van der Waals surface area contributed by atoms with Gasteiger partial charge in [-0.3, -0.25) is 0 Å². The van der Waals surface area contributed by atoms with E-state index in [-0.39, 0.29) is 10.6 Å². The van der Waals surface area contributed by atoms with Crippen LogP contribution in [0.1, 0.15) is 21.5 Å². The van der Waals surface area contributed by atoms with E-state index in [2.05, 4.69) is 15.9 Å². The quantitative estimate of drug-likeness (QED) is 0.756. The monoisotopic (exact) mass is 338 g/mol. The van der Waals surface area contributed by atoms with Crippen LogP contribution in [0.3, 0.4) is 0 Å². The van der Waals surface area contributed by atoms with Crippen molar-refractivity contribution in [2.45, 2.75) is 11.8 Å². The van der Waals surface area contributed by atoms with Crippen LogP contribution in [0.4, 0.5) is 4.39 Å². The molecule has 0 aromatic heterocycles. The summed E-state index contributed by atoms with van der Waals surface area (Å²) in [5.41, 5.74) is 2.88. The van der Waals surface area contributed by atoms with Gasteiger partial charge in [0.05, 0.1) is 19.0 Å². The number of alkyl halides is 1. The SMILES string of the molecule is COc1ccc(C(Br)c2ccc(F)cc2C)c(OC)c1. The highest BCUT2D eigenvalue weighted by Gasteiger charge is 2.18. The summed E-state index contributed by atoms with van der Waals surface area (Å²) in [6.07, 6.45) is 0. The highest BCUT2D eigenvalue weighted by atomic mass is 79.9. The molecule has 20 heavy (non-hydrogen) atoms. The molecule has 0 bridgehead atoms. The average molecular weight is 339 g/mol. The zero-order chi connectivity index (χ0) is 14.7. The van der Waals surface area contributed by atoms with Gasteiger partial charge in [0.15, 0.2) is 0 Å². The molecular weight excluding hydrogens is 323 g/mol. The van der Waals surface area contributed by atoms with E-state index in [9.17, 15) is 4.39 Å². The largest absolute Gasteiger partial charge is 0.497 e. The van der Waals surface area contributed by atoms with Gasteiger partial charge >= 0.3 is 0 Å². The lowest BCUT2D eigenvalue weighted by molar-refractivity contribution is 0.391. The molecular formula is C16H16BrFO2. The van der Waals surface area contributed by atoms with E-state index in [0.717, 1.165) is 28.2 Å². The minimum atomic E-state index is -0.229. The third kappa shape index (κ3) is 2.96. The summed E-state index contributed by atoms with van der Waals surface area (Å²) < 4.78 is 23.8. The number of hydrogen-bond acceptors (Lipinski definition) is 2. The molecule has 0 spiro atoms. The van der Waals surface area contributed by atoms with Gasteiger partial charge in [0.25, 0.3) is 0 Å². The smallest absolute Gasteiger partial charge is 0.127 e. The molecule has 2 aromatic carbocycles. The number of hydrogen-bond donors (Lipinski definition) is 0. The fourth-order valence-electron chi connectivity index (χ4n) is 2.12. The van der Waals surface area contributed by atoms with Gasteiger partial charge in [-0.05, 0) is 36.2 Å². The first-order chi connectivity index (χ1) is 9.56. The van der Waals surface area contributed by atoms with Crippen molar-refractivity contribution in [1.82, 2.24) is 0 Å². The third-order valence-electron chi connectivity index (χ3n) is 3.22. The lowest BCUT2D eigenvalue weighted by Gasteiger charge is -2.17. The Hall–Kier alpha value is -1.55. The van der Waals surface area contributed by atoms with Gasteiger partial charge in [0.2, 0.25) is 0 Å². The van der Waals surface area contributed by atoms with Crippen LogP contribution in [0, 0.1) is 12.7 Å². The fraction of sp³-hybridized carbons (Fsp3) is 0.250. The molecule has 0 saturated carbocycles. The predicted octanol–water partition coefficient (Wildman–Crippen LogP) is 4.64. The van der Waals surface area contributed by atoms with Crippen LogP contribution >= 0.6 is 15.9 Å².